The monoisotopic (exact) mass is 219 g/mol. The van der Waals surface area contributed by atoms with Gasteiger partial charge in [-0.15, -0.1) is 6.58 Å². The number of hydrogen-bond acceptors (Lipinski definition) is 4. The molecule has 0 radical (unpaired) electrons. The van der Waals surface area contributed by atoms with Crippen molar-refractivity contribution < 1.29 is 13.3 Å². The van der Waals surface area contributed by atoms with E-state index in [-0.39, 0.29) is 0 Å². The third kappa shape index (κ3) is 4.34. The van der Waals surface area contributed by atoms with E-state index >= 15 is 0 Å². The number of rotatable bonds is 8. The van der Waals surface area contributed by atoms with Crippen LogP contribution in [0.4, 0.5) is 0 Å². The molecule has 4 nitrogen and oxygen atoms in total. The van der Waals surface area contributed by atoms with Crippen molar-refractivity contribution in [1.29, 1.82) is 0 Å². The lowest BCUT2D eigenvalue weighted by Gasteiger charge is -2.27. The van der Waals surface area contributed by atoms with Gasteiger partial charge in [-0.05, 0) is 6.92 Å². The Morgan fingerprint density at radius 1 is 1.29 bits per heavy atom. The molecule has 1 N–H and O–H groups in total. The molecule has 0 fully saturated rings. The summed E-state index contributed by atoms with van der Waals surface area (Å²) in [5.74, 6) is 0. The molecule has 84 valence electrons. The Morgan fingerprint density at radius 3 is 2.14 bits per heavy atom. The van der Waals surface area contributed by atoms with E-state index in [1.807, 2.05) is 6.08 Å². The van der Waals surface area contributed by atoms with Crippen molar-refractivity contribution in [3.63, 3.8) is 0 Å². The maximum absolute atomic E-state index is 5.32. The van der Waals surface area contributed by atoms with Crippen LogP contribution in [0.15, 0.2) is 12.7 Å². The summed E-state index contributed by atoms with van der Waals surface area (Å²) in [6, 6.07) is 1.05. The van der Waals surface area contributed by atoms with Gasteiger partial charge in [0.05, 0.1) is 0 Å². The Bertz CT molecular complexity index is 154. The van der Waals surface area contributed by atoms with Crippen LogP contribution in [-0.4, -0.2) is 42.7 Å². The molecule has 0 rings (SSSR count). The number of nitrogens with one attached hydrogen (secondary N) is 1. The molecule has 0 saturated carbocycles. The molecule has 0 bridgehead atoms. The predicted molar refractivity (Wildman–Crippen MR) is 59.2 cm³/mol. The van der Waals surface area contributed by atoms with Crippen molar-refractivity contribution in [2.24, 2.45) is 0 Å². The Balaban J connectivity index is 4.07. The van der Waals surface area contributed by atoms with Crippen LogP contribution >= 0.6 is 0 Å². The van der Waals surface area contributed by atoms with Crippen molar-refractivity contribution in [2.75, 3.05) is 27.9 Å². The van der Waals surface area contributed by atoms with E-state index in [4.69, 9.17) is 13.3 Å². The Morgan fingerprint density at radius 2 is 1.79 bits per heavy atom. The van der Waals surface area contributed by atoms with Crippen molar-refractivity contribution in [1.82, 2.24) is 5.32 Å². The maximum Gasteiger partial charge on any atom is 0.501 e. The van der Waals surface area contributed by atoms with Crippen LogP contribution in [0.25, 0.3) is 0 Å². The Hall–Kier alpha value is -0.203. The first-order valence-corrected chi connectivity index (χ1v) is 6.57. The standard InChI is InChI=1S/C9H21NO3Si/c1-6-7-10-9(2)8-14(11-3,12-4)13-5/h6,9-10H,1,7-8H2,2-5H3. The van der Waals surface area contributed by atoms with Gasteiger partial charge in [0.25, 0.3) is 0 Å². The fourth-order valence-corrected chi connectivity index (χ4v) is 3.13. The third-order valence-electron chi connectivity index (χ3n) is 2.10. The zero-order valence-electron chi connectivity index (χ0n) is 9.50. The minimum Gasteiger partial charge on any atom is -0.377 e. The van der Waals surface area contributed by atoms with Crippen LogP contribution in [0, 0.1) is 0 Å². The van der Waals surface area contributed by atoms with Gasteiger partial charge in [0.2, 0.25) is 0 Å². The molecule has 0 aliphatic heterocycles. The molecule has 0 spiro atoms. The second-order valence-corrected chi connectivity index (χ2v) is 6.10. The molecule has 1 atom stereocenters. The van der Waals surface area contributed by atoms with E-state index < -0.39 is 8.80 Å². The molecule has 1 unspecified atom stereocenters. The van der Waals surface area contributed by atoms with Crippen molar-refractivity contribution in [3.8, 4) is 0 Å². The molecular weight excluding hydrogens is 198 g/mol. The smallest absolute Gasteiger partial charge is 0.377 e. The van der Waals surface area contributed by atoms with Gasteiger partial charge >= 0.3 is 8.80 Å². The molecule has 0 aromatic rings. The van der Waals surface area contributed by atoms with E-state index in [2.05, 4.69) is 18.8 Å². The first-order chi connectivity index (χ1) is 6.64. The predicted octanol–water partition coefficient (Wildman–Crippen LogP) is 1.03. The highest BCUT2D eigenvalue weighted by molar-refractivity contribution is 6.60. The first-order valence-electron chi connectivity index (χ1n) is 4.63. The Kier molecular flexibility index (Phi) is 7.03. The quantitative estimate of drug-likeness (QED) is 0.489. The van der Waals surface area contributed by atoms with Crippen LogP contribution in [0.1, 0.15) is 6.92 Å². The lowest BCUT2D eigenvalue weighted by Crippen LogP contribution is -2.47. The average molecular weight is 219 g/mol. The van der Waals surface area contributed by atoms with Crippen LogP contribution in [0.5, 0.6) is 0 Å². The van der Waals surface area contributed by atoms with E-state index in [1.165, 1.54) is 0 Å². The summed E-state index contributed by atoms with van der Waals surface area (Å²) >= 11 is 0. The van der Waals surface area contributed by atoms with Crippen LogP contribution in [0.3, 0.4) is 0 Å². The molecule has 5 heteroatoms. The molecule has 0 aromatic carbocycles. The summed E-state index contributed by atoms with van der Waals surface area (Å²) in [4.78, 5) is 0. The fourth-order valence-electron chi connectivity index (χ4n) is 1.23. The maximum atomic E-state index is 5.32. The van der Waals surface area contributed by atoms with Crippen molar-refractivity contribution in [3.05, 3.63) is 12.7 Å². The summed E-state index contributed by atoms with van der Waals surface area (Å²) in [7, 11) is 2.45. The van der Waals surface area contributed by atoms with Crippen LogP contribution in [-0.2, 0) is 13.3 Å². The first kappa shape index (κ1) is 13.8. The van der Waals surface area contributed by atoms with Gasteiger partial charge in [-0.3, -0.25) is 0 Å². The van der Waals surface area contributed by atoms with E-state index in [0.717, 1.165) is 12.6 Å². The lowest BCUT2D eigenvalue weighted by atomic mass is 10.4. The van der Waals surface area contributed by atoms with Gasteiger partial charge in [-0.25, -0.2) is 0 Å². The second-order valence-electron chi connectivity index (χ2n) is 3.10. The second kappa shape index (κ2) is 7.14. The summed E-state index contributed by atoms with van der Waals surface area (Å²) in [5, 5.41) is 3.27. The van der Waals surface area contributed by atoms with Gasteiger partial charge in [-0.2, -0.15) is 0 Å². The van der Waals surface area contributed by atoms with Crippen molar-refractivity contribution >= 4 is 8.80 Å². The van der Waals surface area contributed by atoms with E-state index in [0.29, 0.717) is 6.04 Å². The lowest BCUT2D eigenvalue weighted by molar-refractivity contribution is 0.120. The minimum absolute atomic E-state index is 0.291. The summed E-state index contributed by atoms with van der Waals surface area (Å²) in [5.41, 5.74) is 0. The average Bonchev–Trinajstić information content (AvgIpc) is 2.23. The topological polar surface area (TPSA) is 39.7 Å². The molecule has 0 saturated heterocycles. The zero-order chi connectivity index (χ0) is 11.0. The molecule has 0 aliphatic rings. The third-order valence-corrected chi connectivity index (χ3v) is 5.08. The molecular formula is C9H21NO3Si. The SMILES string of the molecule is C=CCNC(C)C[Si](OC)(OC)OC. The van der Waals surface area contributed by atoms with Gasteiger partial charge in [0.15, 0.2) is 0 Å². The molecule has 0 aromatic heterocycles. The highest BCUT2D eigenvalue weighted by Gasteiger charge is 2.39. The largest absolute Gasteiger partial charge is 0.501 e. The van der Waals surface area contributed by atoms with Gasteiger partial charge in [-0.1, -0.05) is 6.08 Å². The summed E-state index contributed by atoms with van der Waals surface area (Å²) < 4.78 is 15.9. The highest BCUT2D eigenvalue weighted by atomic mass is 28.4. The zero-order valence-corrected chi connectivity index (χ0v) is 10.5. The number of hydrogen-bond donors (Lipinski definition) is 1. The molecule has 14 heavy (non-hydrogen) atoms. The van der Waals surface area contributed by atoms with E-state index in [1.54, 1.807) is 21.3 Å². The minimum atomic E-state index is -2.43. The highest BCUT2D eigenvalue weighted by Crippen LogP contribution is 2.14. The Labute approximate surface area is 87.6 Å². The normalized spacial score (nSPS) is 14.0. The van der Waals surface area contributed by atoms with Gasteiger partial charge < -0.3 is 18.6 Å². The van der Waals surface area contributed by atoms with Gasteiger partial charge in [0, 0.05) is 40.0 Å². The van der Waals surface area contributed by atoms with E-state index in [9.17, 15) is 0 Å². The summed E-state index contributed by atoms with van der Waals surface area (Å²) in [6.07, 6.45) is 1.83. The van der Waals surface area contributed by atoms with Gasteiger partial charge in [0.1, 0.15) is 0 Å². The van der Waals surface area contributed by atoms with Crippen LogP contribution in [0.2, 0.25) is 6.04 Å². The molecule has 0 aliphatic carbocycles. The molecule has 0 amide bonds. The van der Waals surface area contributed by atoms with Crippen LogP contribution < -0.4 is 5.32 Å². The summed E-state index contributed by atoms with van der Waals surface area (Å²) in [6.45, 7) is 6.50. The molecule has 0 heterocycles. The van der Waals surface area contributed by atoms with Crippen molar-refractivity contribution in [2.45, 2.75) is 19.0 Å². The fraction of sp³-hybridized carbons (Fsp3) is 0.778.